The molecule has 0 amide bonds. The van der Waals surface area contributed by atoms with Crippen LogP contribution in [-0.2, 0) is 24.9 Å². The normalized spacial score (nSPS) is 16.2. The Hall–Kier alpha value is -3.86. The van der Waals surface area contributed by atoms with Gasteiger partial charge < -0.3 is 15.2 Å². The largest absolute Gasteiger partial charge is 0.341 e. The summed E-state index contributed by atoms with van der Waals surface area (Å²) >= 11 is 0. The monoisotopic (exact) mass is 490 g/mol. The fourth-order valence-electron chi connectivity index (χ4n) is 4.92. The number of ketones is 1. The second kappa shape index (κ2) is 9.30. The number of piperidine rings is 1. The summed E-state index contributed by atoms with van der Waals surface area (Å²) in [6, 6.07) is 7.62. The first kappa shape index (κ1) is 23.9. The lowest BCUT2D eigenvalue weighted by Gasteiger charge is -2.31. The molecular formula is C25H30N8O3. The number of aromatic nitrogens is 6. The lowest BCUT2D eigenvalue weighted by atomic mass is 10.1. The van der Waals surface area contributed by atoms with Gasteiger partial charge in [-0.05, 0) is 32.8 Å². The maximum Gasteiger partial charge on any atom is 0.332 e. The van der Waals surface area contributed by atoms with Crippen molar-refractivity contribution >= 4 is 33.8 Å². The maximum atomic E-state index is 13.8. The predicted molar refractivity (Wildman–Crippen MR) is 137 cm³/mol. The summed E-state index contributed by atoms with van der Waals surface area (Å²) in [5.74, 6) is 0.939. The molecule has 0 spiro atoms. The third kappa shape index (κ3) is 4.19. The van der Waals surface area contributed by atoms with Gasteiger partial charge in [0, 0.05) is 50.2 Å². The highest BCUT2D eigenvalue weighted by Crippen LogP contribution is 2.23. The van der Waals surface area contributed by atoms with Crippen molar-refractivity contribution in [2.45, 2.75) is 52.2 Å². The standard InChI is InChI=1S/C25H30N8O3/c1-15(34)10-12-32-21-22(29-24(32)31-11-6-7-17(26)13-31)30(3)25(36)33(23(21)35)14-20-27-16(2)18-8-4-5-9-19(18)28-20/h4-5,8-9,17H,6-7,10-14,26H2,1-3H3. The molecule has 2 N–H and O–H groups in total. The lowest BCUT2D eigenvalue weighted by molar-refractivity contribution is -0.117. The molecule has 1 aliphatic heterocycles. The SMILES string of the molecule is CC(=O)CCn1c(N2CCCC(N)C2)nc2c1c(=O)n(Cc1nc(C)c3ccccc3n1)c(=O)n2C. The highest BCUT2D eigenvalue weighted by Gasteiger charge is 2.26. The van der Waals surface area contributed by atoms with E-state index in [1.165, 1.54) is 11.5 Å². The van der Waals surface area contributed by atoms with Crippen molar-refractivity contribution in [2.24, 2.45) is 12.8 Å². The van der Waals surface area contributed by atoms with Gasteiger partial charge in [0.1, 0.15) is 11.6 Å². The van der Waals surface area contributed by atoms with Crippen LogP contribution in [0.4, 0.5) is 5.95 Å². The fourth-order valence-corrected chi connectivity index (χ4v) is 4.92. The molecule has 3 aromatic heterocycles. The van der Waals surface area contributed by atoms with Crippen LogP contribution < -0.4 is 21.9 Å². The number of carbonyl (C=O) groups is 1. The number of imidazole rings is 1. The Bertz CT molecular complexity index is 1600. The van der Waals surface area contributed by atoms with Gasteiger partial charge in [-0.15, -0.1) is 0 Å². The first-order valence-corrected chi connectivity index (χ1v) is 12.2. The molecule has 11 heteroatoms. The number of nitrogens with zero attached hydrogens (tertiary/aromatic N) is 7. The maximum absolute atomic E-state index is 13.8. The molecule has 0 saturated carbocycles. The molecule has 4 heterocycles. The summed E-state index contributed by atoms with van der Waals surface area (Å²) < 4.78 is 4.28. The molecule has 5 rings (SSSR count). The number of para-hydroxylation sites is 1. The number of nitrogens with two attached hydrogens (primary N) is 1. The van der Waals surface area contributed by atoms with E-state index in [1.54, 1.807) is 11.6 Å². The second-order valence-electron chi connectivity index (χ2n) is 9.51. The van der Waals surface area contributed by atoms with E-state index in [0.717, 1.165) is 40.6 Å². The first-order valence-electron chi connectivity index (χ1n) is 12.2. The van der Waals surface area contributed by atoms with E-state index in [0.29, 0.717) is 18.3 Å². The highest BCUT2D eigenvalue weighted by atomic mass is 16.2. The van der Waals surface area contributed by atoms with Crippen LogP contribution >= 0.6 is 0 Å². The van der Waals surface area contributed by atoms with E-state index in [1.807, 2.05) is 36.1 Å². The van der Waals surface area contributed by atoms with Crippen molar-refractivity contribution in [3.63, 3.8) is 0 Å². The van der Waals surface area contributed by atoms with E-state index in [4.69, 9.17) is 10.7 Å². The number of aryl methyl sites for hydroxylation is 3. The summed E-state index contributed by atoms with van der Waals surface area (Å²) in [4.78, 5) is 54.8. The number of fused-ring (bicyclic) bond motifs is 2. The summed E-state index contributed by atoms with van der Waals surface area (Å²) in [5.41, 5.74) is 7.32. The van der Waals surface area contributed by atoms with Crippen molar-refractivity contribution in [1.29, 1.82) is 0 Å². The molecule has 4 aromatic rings. The Kier molecular flexibility index (Phi) is 6.17. The van der Waals surface area contributed by atoms with E-state index >= 15 is 0 Å². The first-order chi connectivity index (χ1) is 17.2. The molecule has 11 nitrogen and oxygen atoms in total. The Morgan fingerprint density at radius 3 is 2.67 bits per heavy atom. The molecule has 1 aliphatic rings. The second-order valence-corrected chi connectivity index (χ2v) is 9.51. The van der Waals surface area contributed by atoms with Crippen LogP contribution in [-0.4, -0.2) is 53.6 Å². The third-order valence-corrected chi connectivity index (χ3v) is 6.78. The van der Waals surface area contributed by atoms with Crippen molar-refractivity contribution in [2.75, 3.05) is 18.0 Å². The lowest BCUT2D eigenvalue weighted by Crippen LogP contribution is -2.44. The van der Waals surface area contributed by atoms with Gasteiger partial charge in [-0.1, -0.05) is 18.2 Å². The van der Waals surface area contributed by atoms with E-state index in [9.17, 15) is 14.4 Å². The van der Waals surface area contributed by atoms with Crippen molar-refractivity contribution in [1.82, 2.24) is 28.7 Å². The summed E-state index contributed by atoms with van der Waals surface area (Å²) in [6.45, 7) is 4.94. The van der Waals surface area contributed by atoms with Crippen LogP contribution in [0.2, 0.25) is 0 Å². The van der Waals surface area contributed by atoms with E-state index in [-0.39, 0.29) is 42.5 Å². The number of benzene rings is 1. The average molecular weight is 491 g/mol. The third-order valence-electron chi connectivity index (χ3n) is 6.78. The minimum absolute atomic E-state index is 0.00308. The van der Waals surface area contributed by atoms with Crippen molar-refractivity contribution in [3.8, 4) is 0 Å². The van der Waals surface area contributed by atoms with Crippen LogP contribution in [0.25, 0.3) is 22.1 Å². The van der Waals surface area contributed by atoms with Crippen LogP contribution in [0, 0.1) is 6.92 Å². The van der Waals surface area contributed by atoms with Crippen LogP contribution in [0.15, 0.2) is 33.9 Å². The molecule has 1 saturated heterocycles. The van der Waals surface area contributed by atoms with Gasteiger partial charge in [0.2, 0.25) is 5.95 Å². The molecule has 0 radical (unpaired) electrons. The van der Waals surface area contributed by atoms with Gasteiger partial charge in [-0.25, -0.2) is 14.8 Å². The Balaban J connectivity index is 1.68. The van der Waals surface area contributed by atoms with Gasteiger partial charge in [-0.2, -0.15) is 4.98 Å². The minimum atomic E-state index is -0.500. The smallest absolute Gasteiger partial charge is 0.332 e. The van der Waals surface area contributed by atoms with Gasteiger partial charge in [0.15, 0.2) is 11.2 Å². The topological polar surface area (TPSA) is 134 Å². The van der Waals surface area contributed by atoms with Crippen LogP contribution in [0.1, 0.15) is 37.7 Å². The summed E-state index contributed by atoms with van der Waals surface area (Å²) in [5, 5.41) is 0.920. The van der Waals surface area contributed by atoms with Crippen molar-refractivity contribution in [3.05, 3.63) is 56.6 Å². The summed E-state index contributed by atoms with van der Waals surface area (Å²) in [7, 11) is 1.60. The molecule has 1 unspecified atom stereocenters. The molecule has 0 bridgehead atoms. The number of carbonyl (C=O) groups excluding carboxylic acids is 1. The zero-order chi connectivity index (χ0) is 25.6. The van der Waals surface area contributed by atoms with E-state index in [2.05, 4.69) is 9.97 Å². The van der Waals surface area contributed by atoms with Gasteiger partial charge in [0.25, 0.3) is 5.56 Å². The molecule has 1 atom stereocenters. The van der Waals surface area contributed by atoms with Gasteiger partial charge >= 0.3 is 5.69 Å². The zero-order valence-corrected chi connectivity index (χ0v) is 20.8. The number of rotatable bonds is 6. The van der Waals surface area contributed by atoms with Gasteiger partial charge in [-0.3, -0.25) is 18.7 Å². The summed E-state index contributed by atoms with van der Waals surface area (Å²) in [6.07, 6.45) is 2.06. The number of anilines is 1. The average Bonchev–Trinajstić information content (AvgIpc) is 3.24. The minimum Gasteiger partial charge on any atom is -0.341 e. The number of Topliss-reactive ketones (excluding diaryl/α,β-unsaturated/α-hetero) is 1. The number of hydrogen-bond donors (Lipinski definition) is 1. The molecule has 0 aliphatic carbocycles. The Morgan fingerprint density at radius 2 is 1.92 bits per heavy atom. The molecule has 1 aromatic carbocycles. The Morgan fingerprint density at radius 1 is 1.14 bits per heavy atom. The zero-order valence-electron chi connectivity index (χ0n) is 20.8. The van der Waals surface area contributed by atoms with Crippen molar-refractivity contribution < 1.29 is 4.79 Å². The highest BCUT2D eigenvalue weighted by molar-refractivity contribution is 5.80. The quantitative estimate of drug-likeness (QED) is 0.425. The molecular weight excluding hydrogens is 460 g/mol. The number of hydrogen-bond acceptors (Lipinski definition) is 8. The predicted octanol–water partition coefficient (Wildman–Crippen LogP) is 1.10. The van der Waals surface area contributed by atoms with E-state index < -0.39 is 11.2 Å². The van der Waals surface area contributed by atoms with Gasteiger partial charge in [0.05, 0.1) is 12.1 Å². The van der Waals surface area contributed by atoms with Crippen LogP contribution in [0.5, 0.6) is 0 Å². The molecule has 188 valence electrons. The molecule has 36 heavy (non-hydrogen) atoms. The van der Waals surface area contributed by atoms with Crippen LogP contribution in [0.3, 0.4) is 0 Å². The molecule has 1 fully saturated rings. The fraction of sp³-hybridized carbons (Fsp3) is 0.440. The Labute approximate surface area is 207 Å².